The molecule has 17 heavy (non-hydrogen) atoms. The molecule has 1 aliphatic heterocycles. The minimum absolute atomic E-state index is 0.756. The lowest BCUT2D eigenvalue weighted by atomic mass is 10.0. The van der Waals surface area contributed by atoms with Crippen LogP contribution in [-0.4, -0.2) is 31.1 Å². The number of nitrogens with one attached hydrogen (secondary N) is 1. The summed E-state index contributed by atoms with van der Waals surface area (Å²) >= 11 is 0. The van der Waals surface area contributed by atoms with E-state index in [1.165, 1.54) is 24.2 Å². The molecule has 1 unspecified atom stereocenters. The molecule has 94 valence electrons. The number of aryl methyl sites for hydroxylation is 1. The van der Waals surface area contributed by atoms with E-state index in [2.05, 4.69) is 48.3 Å². The topological polar surface area (TPSA) is 15.3 Å². The normalized spacial score (nSPS) is 22.4. The Bertz CT molecular complexity index is 349. The number of nitrogens with zero attached hydrogens (tertiary/aromatic N) is 1. The third kappa shape index (κ3) is 3.55. The van der Waals surface area contributed by atoms with Crippen LogP contribution in [0.3, 0.4) is 0 Å². The van der Waals surface area contributed by atoms with Crippen molar-refractivity contribution in [3.63, 3.8) is 0 Å². The van der Waals surface area contributed by atoms with Gasteiger partial charge in [0.2, 0.25) is 0 Å². The molecular weight excluding hydrogens is 208 g/mol. The van der Waals surface area contributed by atoms with E-state index >= 15 is 0 Å². The lowest BCUT2D eigenvalue weighted by Crippen LogP contribution is -2.29. The van der Waals surface area contributed by atoms with Crippen LogP contribution in [0, 0.1) is 5.92 Å². The standard InChI is InChI=1S/C15H24N2/c1-3-14-6-4-5-7-15(14)12-17-9-8-16-10-13(2)11-17/h4-7,13,16H,3,8-12H2,1-2H3. The molecule has 1 aliphatic rings. The minimum atomic E-state index is 0.756. The van der Waals surface area contributed by atoms with Crippen molar-refractivity contribution in [3.05, 3.63) is 35.4 Å². The number of rotatable bonds is 3. The largest absolute Gasteiger partial charge is 0.315 e. The molecule has 0 amide bonds. The smallest absolute Gasteiger partial charge is 0.0237 e. The van der Waals surface area contributed by atoms with Crippen LogP contribution < -0.4 is 5.32 Å². The van der Waals surface area contributed by atoms with Gasteiger partial charge in [0.25, 0.3) is 0 Å². The van der Waals surface area contributed by atoms with Gasteiger partial charge in [0.05, 0.1) is 0 Å². The summed E-state index contributed by atoms with van der Waals surface area (Å²) in [7, 11) is 0. The van der Waals surface area contributed by atoms with Gasteiger partial charge in [-0.15, -0.1) is 0 Å². The molecule has 0 bridgehead atoms. The lowest BCUT2D eigenvalue weighted by molar-refractivity contribution is 0.256. The fraction of sp³-hybridized carbons (Fsp3) is 0.600. The van der Waals surface area contributed by atoms with Crippen LogP contribution in [0.15, 0.2) is 24.3 Å². The van der Waals surface area contributed by atoms with E-state index in [4.69, 9.17) is 0 Å². The van der Waals surface area contributed by atoms with Gasteiger partial charge >= 0.3 is 0 Å². The van der Waals surface area contributed by atoms with Gasteiger partial charge in [0, 0.05) is 26.2 Å². The number of benzene rings is 1. The summed E-state index contributed by atoms with van der Waals surface area (Å²) in [5.74, 6) is 0.756. The Morgan fingerprint density at radius 2 is 2.06 bits per heavy atom. The molecule has 0 radical (unpaired) electrons. The van der Waals surface area contributed by atoms with Gasteiger partial charge in [-0.1, -0.05) is 38.1 Å². The Labute approximate surface area is 105 Å². The quantitative estimate of drug-likeness (QED) is 0.860. The summed E-state index contributed by atoms with van der Waals surface area (Å²) < 4.78 is 0. The Kier molecular flexibility index (Phi) is 4.57. The summed E-state index contributed by atoms with van der Waals surface area (Å²) in [4.78, 5) is 2.58. The monoisotopic (exact) mass is 232 g/mol. The minimum Gasteiger partial charge on any atom is -0.315 e. The van der Waals surface area contributed by atoms with Gasteiger partial charge in [0.1, 0.15) is 0 Å². The van der Waals surface area contributed by atoms with Gasteiger partial charge in [0.15, 0.2) is 0 Å². The molecule has 2 nitrogen and oxygen atoms in total. The van der Waals surface area contributed by atoms with E-state index in [0.717, 1.165) is 32.0 Å². The summed E-state index contributed by atoms with van der Waals surface area (Å²) in [5, 5.41) is 3.50. The van der Waals surface area contributed by atoms with Crippen molar-refractivity contribution >= 4 is 0 Å². The van der Waals surface area contributed by atoms with E-state index in [-0.39, 0.29) is 0 Å². The van der Waals surface area contributed by atoms with Crippen molar-refractivity contribution in [3.8, 4) is 0 Å². The fourth-order valence-electron chi connectivity index (χ4n) is 2.62. The maximum atomic E-state index is 3.50. The number of hydrogen-bond acceptors (Lipinski definition) is 2. The van der Waals surface area contributed by atoms with Crippen LogP contribution >= 0.6 is 0 Å². The van der Waals surface area contributed by atoms with Gasteiger partial charge in [-0.25, -0.2) is 0 Å². The average molecular weight is 232 g/mol. The fourth-order valence-corrected chi connectivity index (χ4v) is 2.62. The van der Waals surface area contributed by atoms with Gasteiger partial charge < -0.3 is 5.32 Å². The molecule has 1 aromatic rings. The van der Waals surface area contributed by atoms with Crippen molar-refractivity contribution in [2.45, 2.75) is 26.8 Å². The predicted octanol–water partition coefficient (Wildman–Crippen LogP) is 2.29. The summed E-state index contributed by atoms with van der Waals surface area (Å²) in [6.45, 7) is 10.3. The van der Waals surface area contributed by atoms with Crippen LogP contribution in [-0.2, 0) is 13.0 Å². The average Bonchev–Trinajstić information content (AvgIpc) is 2.54. The van der Waals surface area contributed by atoms with E-state index in [9.17, 15) is 0 Å². The van der Waals surface area contributed by atoms with Crippen molar-refractivity contribution in [2.75, 3.05) is 26.2 Å². The summed E-state index contributed by atoms with van der Waals surface area (Å²) in [5.41, 5.74) is 3.00. The molecule has 1 atom stereocenters. The SMILES string of the molecule is CCc1ccccc1CN1CCNCC(C)C1. The number of hydrogen-bond donors (Lipinski definition) is 1. The first-order chi connectivity index (χ1) is 8.29. The third-order valence-electron chi connectivity index (χ3n) is 3.56. The van der Waals surface area contributed by atoms with Crippen molar-refractivity contribution in [1.82, 2.24) is 10.2 Å². The maximum absolute atomic E-state index is 3.50. The van der Waals surface area contributed by atoms with Crippen molar-refractivity contribution in [1.29, 1.82) is 0 Å². The molecule has 1 saturated heterocycles. The zero-order valence-electron chi connectivity index (χ0n) is 11.1. The molecule has 1 heterocycles. The second-order valence-corrected chi connectivity index (χ2v) is 5.17. The molecule has 0 aliphatic carbocycles. The summed E-state index contributed by atoms with van der Waals surface area (Å²) in [6, 6.07) is 8.85. The Morgan fingerprint density at radius 1 is 1.29 bits per heavy atom. The maximum Gasteiger partial charge on any atom is 0.0237 e. The first-order valence-electron chi connectivity index (χ1n) is 6.79. The first kappa shape index (κ1) is 12.6. The zero-order valence-corrected chi connectivity index (χ0v) is 11.1. The van der Waals surface area contributed by atoms with Crippen LogP contribution in [0.25, 0.3) is 0 Å². The highest BCUT2D eigenvalue weighted by Crippen LogP contribution is 2.14. The van der Waals surface area contributed by atoms with Crippen molar-refractivity contribution in [2.24, 2.45) is 5.92 Å². The highest BCUT2D eigenvalue weighted by Gasteiger charge is 2.15. The second-order valence-electron chi connectivity index (χ2n) is 5.17. The molecule has 0 aromatic heterocycles. The second kappa shape index (κ2) is 6.18. The first-order valence-corrected chi connectivity index (χ1v) is 6.79. The van der Waals surface area contributed by atoms with E-state index < -0.39 is 0 Å². The Morgan fingerprint density at radius 3 is 2.82 bits per heavy atom. The Balaban J connectivity index is 2.03. The summed E-state index contributed by atoms with van der Waals surface area (Å²) in [6.07, 6.45) is 1.14. The van der Waals surface area contributed by atoms with E-state index in [1.54, 1.807) is 0 Å². The Hall–Kier alpha value is -0.860. The highest BCUT2D eigenvalue weighted by molar-refractivity contribution is 5.26. The van der Waals surface area contributed by atoms with Gasteiger partial charge in [-0.3, -0.25) is 4.90 Å². The molecule has 1 aromatic carbocycles. The van der Waals surface area contributed by atoms with Gasteiger partial charge in [-0.05, 0) is 30.0 Å². The molecule has 0 saturated carbocycles. The van der Waals surface area contributed by atoms with Crippen LogP contribution in [0.2, 0.25) is 0 Å². The van der Waals surface area contributed by atoms with E-state index in [1.807, 2.05) is 0 Å². The van der Waals surface area contributed by atoms with Crippen LogP contribution in [0.5, 0.6) is 0 Å². The van der Waals surface area contributed by atoms with Crippen molar-refractivity contribution < 1.29 is 0 Å². The van der Waals surface area contributed by atoms with Crippen LogP contribution in [0.1, 0.15) is 25.0 Å². The van der Waals surface area contributed by atoms with Gasteiger partial charge in [-0.2, -0.15) is 0 Å². The molecule has 2 heteroatoms. The molecule has 1 N–H and O–H groups in total. The third-order valence-corrected chi connectivity index (χ3v) is 3.56. The zero-order chi connectivity index (χ0) is 12.1. The predicted molar refractivity (Wildman–Crippen MR) is 73.1 cm³/mol. The molecule has 0 spiro atoms. The van der Waals surface area contributed by atoms with Crippen LogP contribution in [0.4, 0.5) is 0 Å². The van der Waals surface area contributed by atoms with E-state index in [0.29, 0.717) is 0 Å². The lowest BCUT2D eigenvalue weighted by Gasteiger charge is -2.23. The highest BCUT2D eigenvalue weighted by atomic mass is 15.2. The molecule has 1 fully saturated rings. The molecule has 2 rings (SSSR count). The molecular formula is C15H24N2.